The van der Waals surface area contributed by atoms with Gasteiger partial charge in [0.05, 0.1) is 5.52 Å². The molecule has 0 unspecified atom stereocenters. The van der Waals surface area contributed by atoms with Crippen LogP contribution in [0, 0.1) is 6.92 Å². The molecule has 19 heavy (non-hydrogen) atoms. The molecule has 1 heterocycles. The van der Waals surface area contributed by atoms with Gasteiger partial charge in [-0.05, 0) is 44.3 Å². The fourth-order valence-corrected chi connectivity index (χ4v) is 1.87. The van der Waals surface area contributed by atoms with Crippen molar-refractivity contribution in [3.05, 3.63) is 59.9 Å². The second-order valence-electron chi connectivity index (χ2n) is 4.20. The normalized spacial score (nSPS) is 12.0. The summed E-state index contributed by atoms with van der Waals surface area (Å²) >= 11 is 0. The summed E-state index contributed by atoms with van der Waals surface area (Å²) in [5, 5.41) is 4.33. The second-order valence-corrected chi connectivity index (χ2v) is 4.20. The number of anilines is 1. The van der Waals surface area contributed by atoms with Crippen molar-refractivity contribution in [1.29, 1.82) is 0 Å². The van der Waals surface area contributed by atoms with E-state index in [1.165, 1.54) is 10.9 Å². The van der Waals surface area contributed by atoms with Crippen molar-refractivity contribution in [2.75, 3.05) is 5.32 Å². The Morgan fingerprint density at radius 2 is 2.16 bits per heavy atom. The molecule has 0 aliphatic rings. The van der Waals surface area contributed by atoms with Gasteiger partial charge in [-0.2, -0.15) is 0 Å². The monoisotopic (exact) mass is 251 g/mol. The Kier molecular flexibility index (Phi) is 4.08. The van der Waals surface area contributed by atoms with Gasteiger partial charge in [0.25, 0.3) is 0 Å². The molecule has 0 bridgehead atoms. The minimum Gasteiger partial charge on any atom is -0.325 e. The number of fused-ring (bicyclic) bond motifs is 1. The molecule has 0 amide bonds. The van der Waals surface area contributed by atoms with Crippen LogP contribution in [-0.4, -0.2) is 11.7 Å². The lowest BCUT2D eigenvalue weighted by atomic mass is 10.1. The Labute approximate surface area is 113 Å². The number of aryl methyl sites for hydroxylation is 1. The third kappa shape index (κ3) is 3.07. The molecular weight excluding hydrogens is 234 g/mol. The van der Waals surface area contributed by atoms with Gasteiger partial charge in [0.1, 0.15) is 11.6 Å². The van der Waals surface area contributed by atoms with Crippen LogP contribution in [-0.2, 0) is 0 Å². The van der Waals surface area contributed by atoms with Gasteiger partial charge in [-0.15, -0.1) is 0 Å². The van der Waals surface area contributed by atoms with E-state index in [0.29, 0.717) is 5.82 Å². The summed E-state index contributed by atoms with van der Waals surface area (Å²) in [6.07, 6.45) is 5.70. The van der Waals surface area contributed by atoms with Crippen LogP contribution >= 0.6 is 0 Å². The van der Waals surface area contributed by atoms with Gasteiger partial charge in [-0.1, -0.05) is 30.4 Å². The topological polar surface area (TPSA) is 37.3 Å². The zero-order valence-corrected chi connectivity index (χ0v) is 11.2. The number of pyridine rings is 1. The second kappa shape index (κ2) is 5.96. The van der Waals surface area contributed by atoms with Gasteiger partial charge in [0.2, 0.25) is 0 Å². The summed E-state index contributed by atoms with van der Waals surface area (Å²) in [7, 11) is 0. The third-order valence-corrected chi connectivity index (χ3v) is 2.80. The van der Waals surface area contributed by atoms with Crippen molar-refractivity contribution >= 4 is 23.4 Å². The highest BCUT2D eigenvalue weighted by Gasteiger charge is 2.02. The smallest absolute Gasteiger partial charge is 0.132 e. The van der Waals surface area contributed by atoms with Crippen molar-refractivity contribution in [1.82, 2.24) is 4.98 Å². The van der Waals surface area contributed by atoms with E-state index >= 15 is 0 Å². The van der Waals surface area contributed by atoms with Gasteiger partial charge >= 0.3 is 0 Å². The number of aromatic nitrogens is 1. The standard InChI is InChI=1S/C16H17N3/c1-4-5-10-15(17-3)19-16-11-12(2)13-8-6-7-9-14(13)18-16/h4-11H,3H2,1-2H3,(H,18,19)/b5-4-,15-10+. The molecule has 1 aromatic heterocycles. The molecule has 0 fully saturated rings. The maximum atomic E-state index is 4.57. The molecule has 2 aromatic rings. The zero-order chi connectivity index (χ0) is 13.7. The first kappa shape index (κ1) is 13.0. The first-order valence-corrected chi connectivity index (χ1v) is 6.17. The molecular formula is C16H17N3. The van der Waals surface area contributed by atoms with Gasteiger partial charge in [0.15, 0.2) is 0 Å². The Morgan fingerprint density at radius 3 is 2.89 bits per heavy atom. The molecule has 3 nitrogen and oxygen atoms in total. The molecule has 0 spiro atoms. The van der Waals surface area contributed by atoms with Crippen LogP contribution in [0.4, 0.5) is 5.82 Å². The SMILES string of the molecule is C=N/C(=C\C=C/C)Nc1cc(C)c2ccccc2n1. The summed E-state index contributed by atoms with van der Waals surface area (Å²) in [5.74, 6) is 1.46. The predicted molar refractivity (Wildman–Crippen MR) is 82.5 cm³/mol. The first-order chi connectivity index (χ1) is 9.24. The first-order valence-electron chi connectivity index (χ1n) is 6.17. The lowest BCUT2D eigenvalue weighted by Crippen LogP contribution is -2.00. The number of benzene rings is 1. The van der Waals surface area contributed by atoms with E-state index in [1.807, 2.05) is 49.4 Å². The molecule has 3 heteroatoms. The minimum absolute atomic E-state index is 0.681. The van der Waals surface area contributed by atoms with Crippen LogP contribution in [0.25, 0.3) is 10.9 Å². The van der Waals surface area contributed by atoms with Crippen molar-refractivity contribution in [3.8, 4) is 0 Å². The van der Waals surface area contributed by atoms with E-state index in [2.05, 4.69) is 35.0 Å². The molecule has 2 rings (SSSR count). The summed E-state index contributed by atoms with van der Waals surface area (Å²) in [5.41, 5.74) is 2.15. The number of allylic oxidation sites excluding steroid dienone is 3. The van der Waals surface area contributed by atoms with E-state index < -0.39 is 0 Å². The van der Waals surface area contributed by atoms with Crippen molar-refractivity contribution in [2.24, 2.45) is 4.99 Å². The summed E-state index contributed by atoms with van der Waals surface area (Å²) in [6, 6.07) is 10.1. The molecule has 0 aliphatic carbocycles. The quantitative estimate of drug-likeness (QED) is 0.657. The number of aliphatic imine (C=N–C) groups is 1. The summed E-state index contributed by atoms with van der Waals surface area (Å²) in [4.78, 5) is 8.51. The van der Waals surface area contributed by atoms with E-state index in [-0.39, 0.29) is 0 Å². The predicted octanol–water partition coefficient (Wildman–Crippen LogP) is 4.07. The number of para-hydroxylation sites is 1. The van der Waals surface area contributed by atoms with Crippen LogP contribution in [0.5, 0.6) is 0 Å². The molecule has 96 valence electrons. The molecule has 0 atom stereocenters. The maximum Gasteiger partial charge on any atom is 0.132 e. The Bertz CT molecular complexity index is 654. The Balaban J connectivity index is 2.38. The largest absolute Gasteiger partial charge is 0.325 e. The Hall–Kier alpha value is -2.42. The lowest BCUT2D eigenvalue weighted by molar-refractivity contribution is 1.25. The van der Waals surface area contributed by atoms with Crippen molar-refractivity contribution < 1.29 is 0 Å². The van der Waals surface area contributed by atoms with Crippen LogP contribution in [0.15, 0.2) is 59.4 Å². The maximum absolute atomic E-state index is 4.57. The minimum atomic E-state index is 0.681. The van der Waals surface area contributed by atoms with Crippen LogP contribution in [0.1, 0.15) is 12.5 Å². The molecule has 0 saturated carbocycles. The number of hydrogen-bond acceptors (Lipinski definition) is 3. The fraction of sp³-hybridized carbons (Fsp3) is 0.125. The number of rotatable bonds is 4. The number of hydrogen-bond donors (Lipinski definition) is 1. The third-order valence-electron chi connectivity index (χ3n) is 2.80. The highest BCUT2D eigenvalue weighted by atomic mass is 15.1. The van der Waals surface area contributed by atoms with E-state index in [4.69, 9.17) is 0 Å². The van der Waals surface area contributed by atoms with E-state index in [1.54, 1.807) is 0 Å². The molecule has 0 aliphatic heterocycles. The van der Waals surface area contributed by atoms with Gasteiger partial charge < -0.3 is 5.32 Å². The van der Waals surface area contributed by atoms with Gasteiger partial charge in [-0.25, -0.2) is 9.98 Å². The van der Waals surface area contributed by atoms with Crippen LogP contribution in [0.2, 0.25) is 0 Å². The van der Waals surface area contributed by atoms with Gasteiger partial charge in [0, 0.05) is 5.39 Å². The number of nitrogens with one attached hydrogen (secondary N) is 1. The summed E-state index contributed by atoms with van der Waals surface area (Å²) in [6.45, 7) is 7.58. The lowest BCUT2D eigenvalue weighted by Gasteiger charge is -2.08. The number of nitrogens with zero attached hydrogens (tertiary/aromatic N) is 2. The van der Waals surface area contributed by atoms with Crippen molar-refractivity contribution in [2.45, 2.75) is 13.8 Å². The van der Waals surface area contributed by atoms with E-state index in [0.717, 1.165) is 11.3 Å². The highest BCUT2D eigenvalue weighted by Crippen LogP contribution is 2.20. The van der Waals surface area contributed by atoms with Crippen LogP contribution in [0.3, 0.4) is 0 Å². The van der Waals surface area contributed by atoms with Crippen LogP contribution < -0.4 is 5.32 Å². The van der Waals surface area contributed by atoms with Crippen molar-refractivity contribution in [3.63, 3.8) is 0 Å². The fourth-order valence-electron chi connectivity index (χ4n) is 1.87. The molecule has 0 radical (unpaired) electrons. The zero-order valence-electron chi connectivity index (χ0n) is 11.2. The summed E-state index contributed by atoms with van der Waals surface area (Å²) < 4.78 is 0. The average Bonchev–Trinajstić information content (AvgIpc) is 2.43. The molecule has 0 saturated heterocycles. The van der Waals surface area contributed by atoms with Gasteiger partial charge in [-0.3, -0.25) is 0 Å². The Morgan fingerprint density at radius 1 is 1.37 bits per heavy atom. The highest BCUT2D eigenvalue weighted by molar-refractivity contribution is 5.83. The average molecular weight is 251 g/mol. The molecule has 1 aromatic carbocycles. The molecule has 1 N–H and O–H groups in total. The van der Waals surface area contributed by atoms with E-state index in [9.17, 15) is 0 Å².